The Hall–Kier alpha value is -3.45. The van der Waals surface area contributed by atoms with Gasteiger partial charge in [0.15, 0.2) is 0 Å². The number of hydrogen-bond acceptors (Lipinski definition) is 4. The van der Waals surface area contributed by atoms with Gasteiger partial charge in [-0.2, -0.15) is 0 Å². The van der Waals surface area contributed by atoms with E-state index in [1.807, 2.05) is 65.5 Å². The summed E-state index contributed by atoms with van der Waals surface area (Å²) >= 11 is 1.34. The van der Waals surface area contributed by atoms with Gasteiger partial charge in [-0.15, -0.1) is 11.3 Å². The quantitative estimate of drug-likeness (QED) is 0.527. The molecule has 4 rings (SSSR count). The van der Waals surface area contributed by atoms with Gasteiger partial charge in [0, 0.05) is 18.3 Å². The first kappa shape index (κ1) is 18.9. The fraction of sp³-hybridized carbons (Fsp3) is 0.136. The van der Waals surface area contributed by atoms with E-state index in [4.69, 9.17) is 0 Å². The van der Waals surface area contributed by atoms with Gasteiger partial charge in [0.25, 0.3) is 5.91 Å². The van der Waals surface area contributed by atoms with Crippen LogP contribution in [0.1, 0.15) is 16.6 Å². The Bertz CT molecular complexity index is 1160. The highest BCUT2D eigenvalue weighted by molar-refractivity contribution is 7.12. The van der Waals surface area contributed by atoms with Gasteiger partial charge in [-0.05, 0) is 54.8 Å². The Morgan fingerprint density at radius 3 is 2.48 bits per heavy atom. The fourth-order valence-corrected chi connectivity index (χ4v) is 3.72. The number of nitrogens with one attached hydrogen (secondary N) is 2. The molecule has 1 unspecified atom stereocenters. The zero-order chi connectivity index (χ0) is 20.4. The van der Waals surface area contributed by atoms with Crippen LogP contribution in [0.15, 0.2) is 66.0 Å². The van der Waals surface area contributed by atoms with Crippen molar-refractivity contribution in [2.45, 2.75) is 13.0 Å². The van der Waals surface area contributed by atoms with Crippen molar-refractivity contribution in [2.24, 2.45) is 7.05 Å². The molecule has 2 amide bonds. The summed E-state index contributed by atoms with van der Waals surface area (Å²) in [4.78, 5) is 29.8. The van der Waals surface area contributed by atoms with Gasteiger partial charge in [0.1, 0.15) is 11.9 Å². The maximum absolute atomic E-state index is 12.4. The third-order valence-corrected chi connectivity index (χ3v) is 5.55. The van der Waals surface area contributed by atoms with Crippen molar-refractivity contribution in [1.82, 2.24) is 14.9 Å². The van der Waals surface area contributed by atoms with E-state index in [0.29, 0.717) is 10.6 Å². The van der Waals surface area contributed by atoms with Gasteiger partial charge in [0.2, 0.25) is 5.91 Å². The number of fused-ring (bicyclic) bond motifs is 1. The minimum atomic E-state index is -0.649. The van der Waals surface area contributed by atoms with E-state index in [2.05, 4.69) is 15.6 Å². The van der Waals surface area contributed by atoms with Crippen LogP contribution in [0.4, 0.5) is 5.69 Å². The van der Waals surface area contributed by atoms with E-state index < -0.39 is 6.04 Å². The lowest BCUT2D eigenvalue weighted by Gasteiger charge is -2.14. The number of thiophene rings is 1. The predicted octanol–water partition coefficient (Wildman–Crippen LogP) is 4.06. The number of carbonyl (C=O) groups excluding carboxylic acids is 2. The van der Waals surface area contributed by atoms with Gasteiger partial charge in [0.05, 0.1) is 15.9 Å². The number of aromatic nitrogens is 2. The molecule has 0 aliphatic heterocycles. The minimum absolute atomic E-state index is 0.250. The summed E-state index contributed by atoms with van der Waals surface area (Å²) in [5.74, 6) is 0.339. The molecule has 2 aromatic heterocycles. The number of aryl methyl sites for hydroxylation is 1. The second-order valence-electron chi connectivity index (χ2n) is 6.72. The van der Waals surface area contributed by atoms with Crippen LogP contribution in [0, 0.1) is 0 Å². The van der Waals surface area contributed by atoms with Crippen molar-refractivity contribution in [3.8, 4) is 11.4 Å². The van der Waals surface area contributed by atoms with Crippen LogP contribution in [0.2, 0.25) is 0 Å². The minimum Gasteiger partial charge on any atom is -0.340 e. The lowest BCUT2D eigenvalue weighted by atomic mass is 10.2. The van der Waals surface area contributed by atoms with E-state index >= 15 is 0 Å². The first-order valence-corrected chi connectivity index (χ1v) is 10.1. The molecule has 0 aliphatic carbocycles. The topological polar surface area (TPSA) is 76.0 Å². The molecular weight excluding hydrogens is 384 g/mol. The smallest absolute Gasteiger partial charge is 0.261 e. The molecule has 0 fully saturated rings. The number of rotatable bonds is 5. The van der Waals surface area contributed by atoms with Gasteiger partial charge < -0.3 is 15.2 Å². The first-order chi connectivity index (χ1) is 14.0. The molecule has 0 aliphatic rings. The Balaban J connectivity index is 1.44. The van der Waals surface area contributed by atoms with Gasteiger partial charge >= 0.3 is 0 Å². The first-order valence-electron chi connectivity index (χ1n) is 9.20. The maximum atomic E-state index is 12.4. The Morgan fingerprint density at radius 1 is 1.03 bits per heavy atom. The molecule has 0 bridgehead atoms. The molecule has 7 heteroatoms. The molecule has 146 valence electrons. The Kier molecular flexibility index (Phi) is 5.14. The number of para-hydroxylation sites is 2. The average molecular weight is 404 g/mol. The van der Waals surface area contributed by atoms with Gasteiger partial charge in [-0.1, -0.05) is 18.2 Å². The summed E-state index contributed by atoms with van der Waals surface area (Å²) < 4.78 is 2.05. The summed E-state index contributed by atoms with van der Waals surface area (Å²) in [6.45, 7) is 1.66. The van der Waals surface area contributed by atoms with Crippen molar-refractivity contribution in [1.29, 1.82) is 0 Å². The largest absolute Gasteiger partial charge is 0.340 e. The standard InChI is InChI=1S/C22H20N4O2S/c1-14(23-22(28)19-8-5-13-29-19)21(27)24-16-11-9-15(10-12-16)20-25-17-6-3-4-7-18(17)26(20)2/h3-14H,1-2H3,(H,23,28)(H,24,27). The molecule has 6 nitrogen and oxygen atoms in total. The van der Waals surface area contributed by atoms with E-state index in [-0.39, 0.29) is 11.8 Å². The van der Waals surface area contributed by atoms with Crippen molar-refractivity contribution in [3.05, 3.63) is 70.9 Å². The number of amides is 2. The number of nitrogens with zero attached hydrogens (tertiary/aromatic N) is 2. The summed E-state index contributed by atoms with van der Waals surface area (Å²) in [5.41, 5.74) is 3.63. The molecule has 0 spiro atoms. The predicted molar refractivity (Wildman–Crippen MR) is 116 cm³/mol. The Morgan fingerprint density at radius 2 is 1.79 bits per heavy atom. The van der Waals surface area contributed by atoms with E-state index in [1.165, 1.54) is 11.3 Å². The lowest BCUT2D eigenvalue weighted by molar-refractivity contribution is -0.117. The summed E-state index contributed by atoms with van der Waals surface area (Å²) in [6.07, 6.45) is 0. The molecule has 2 aromatic carbocycles. The van der Waals surface area contributed by atoms with Crippen LogP contribution in [-0.2, 0) is 11.8 Å². The van der Waals surface area contributed by atoms with Gasteiger partial charge in [-0.25, -0.2) is 4.98 Å². The highest BCUT2D eigenvalue weighted by Crippen LogP contribution is 2.24. The van der Waals surface area contributed by atoms with Crippen LogP contribution in [-0.4, -0.2) is 27.4 Å². The maximum Gasteiger partial charge on any atom is 0.261 e. The van der Waals surface area contributed by atoms with Gasteiger partial charge in [-0.3, -0.25) is 9.59 Å². The second-order valence-corrected chi connectivity index (χ2v) is 7.67. The van der Waals surface area contributed by atoms with Crippen molar-refractivity contribution in [2.75, 3.05) is 5.32 Å². The highest BCUT2D eigenvalue weighted by Gasteiger charge is 2.17. The summed E-state index contributed by atoms with van der Waals surface area (Å²) in [6, 6.07) is 18.4. The fourth-order valence-electron chi connectivity index (χ4n) is 3.10. The molecule has 2 N–H and O–H groups in total. The zero-order valence-corrected chi connectivity index (χ0v) is 16.9. The summed E-state index contributed by atoms with van der Waals surface area (Å²) in [5, 5.41) is 7.37. The van der Waals surface area contributed by atoms with Crippen LogP contribution in [0.25, 0.3) is 22.4 Å². The van der Waals surface area contributed by atoms with E-state index in [9.17, 15) is 9.59 Å². The number of carbonyl (C=O) groups is 2. The van der Waals surface area contributed by atoms with Crippen molar-refractivity contribution < 1.29 is 9.59 Å². The molecule has 0 radical (unpaired) electrons. The van der Waals surface area contributed by atoms with Crippen molar-refractivity contribution >= 4 is 39.9 Å². The highest BCUT2D eigenvalue weighted by atomic mass is 32.1. The molecule has 29 heavy (non-hydrogen) atoms. The summed E-state index contributed by atoms with van der Waals surface area (Å²) in [7, 11) is 1.98. The third-order valence-electron chi connectivity index (χ3n) is 4.68. The number of anilines is 1. The van der Waals surface area contributed by atoms with Crippen LogP contribution in [0.3, 0.4) is 0 Å². The normalized spacial score (nSPS) is 11.9. The second kappa shape index (κ2) is 7.89. The van der Waals surface area contributed by atoms with E-state index in [0.717, 1.165) is 22.4 Å². The third kappa shape index (κ3) is 3.90. The number of benzene rings is 2. The Labute approximate surface area is 172 Å². The molecule has 1 atom stereocenters. The zero-order valence-electron chi connectivity index (χ0n) is 16.0. The SMILES string of the molecule is CC(NC(=O)c1cccs1)C(=O)Nc1ccc(-c2nc3ccccc3n2C)cc1. The van der Waals surface area contributed by atoms with E-state index in [1.54, 1.807) is 19.1 Å². The molecular formula is C22H20N4O2S. The van der Waals surface area contributed by atoms with Crippen LogP contribution >= 0.6 is 11.3 Å². The monoisotopic (exact) mass is 404 g/mol. The number of hydrogen-bond donors (Lipinski definition) is 2. The van der Waals surface area contributed by atoms with Crippen LogP contribution < -0.4 is 10.6 Å². The molecule has 0 saturated heterocycles. The number of imidazole rings is 1. The van der Waals surface area contributed by atoms with Crippen LogP contribution in [0.5, 0.6) is 0 Å². The molecule has 0 saturated carbocycles. The van der Waals surface area contributed by atoms with Crippen molar-refractivity contribution in [3.63, 3.8) is 0 Å². The molecule has 4 aromatic rings. The lowest BCUT2D eigenvalue weighted by Crippen LogP contribution is -2.41. The molecule has 2 heterocycles. The average Bonchev–Trinajstić information content (AvgIpc) is 3.37.